The second kappa shape index (κ2) is 5.57. The third-order valence-corrected chi connectivity index (χ3v) is 6.94. The monoisotopic (exact) mass is 364 g/mol. The van der Waals surface area contributed by atoms with Crippen LogP contribution in [-0.2, 0) is 5.41 Å². The largest absolute Gasteiger partial charge is 0.309 e. The molecule has 0 fully saturated rings. The highest BCUT2D eigenvalue weighted by atomic mass is 15.0. The normalized spacial score (nSPS) is 17.9. The summed E-state index contributed by atoms with van der Waals surface area (Å²) in [7, 11) is 0. The zero-order valence-electron chi connectivity index (χ0n) is 16.5. The maximum Gasteiger partial charge on any atom is 0.0571 e. The van der Waals surface area contributed by atoms with Crippen molar-refractivity contribution in [2.24, 2.45) is 0 Å². The number of hydrogen-bond acceptors (Lipinski definition) is 1. The molecule has 2 heterocycles. The van der Waals surface area contributed by atoms with Gasteiger partial charge in [0, 0.05) is 34.3 Å². The number of aromatic nitrogens is 2. The van der Waals surface area contributed by atoms with Crippen molar-refractivity contribution in [1.29, 1.82) is 0 Å². The van der Waals surface area contributed by atoms with Crippen LogP contribution < -0.4 is 0 Å². The van der Waals surface area contributed by atoms with Gasteiger partial charge in [-0.05, 0) is 72.7 Å². The van der Waals surface area contributed by atoms with Gasteiger partial charge in [0.05, 0.1) is 11.0 Å². The minimum absolute atomic E-state index is 0.134. The van der Waals surface area contributed by atoms with Gasteiger partial charge in [-0.15, -0.1) is 0 Å². The van der Waals surface area contributed by atoms with E-state index in [1.165, 1.54) is 64.3 Å². The maximum atomic E-state index is 4.45. The standard InChI is InChI=1S/C26H24N2/c1-26(2)22-11-7-6-10-18(22)19-14-20-21-16-27-13-12-24(21)28(25(20)15-23(19)26)17-8-4-3-5-9-17/h3-5,8-9,12-16H,6-7,10-11H2,1-2H3. The van der Waals surface area contributed by atoms with E-state index in [-0.39, 0.29) is 5.41 Å². The average Bonchev–Trinajstić information content (AvgIpc) is 3.17. The van der Waals surface area contributed by atoms with Crippen LogP contribution in [0.25, 0.3) is 33.1 Å². The van der Waals surface area contributed by atoms with Crippen molar-refractivity contribution in [3.63, 3.8) is 0 Å². The Morgan fingerprint density at radius 1 is 0.893 bits per heavy atom. The molecular weight excluding hydrogens is 340 g/mol. The summed E-state index contributed by atoms with van der Waals surface area (Å²) >= 11 is 0. The second-order valence-corrected chi connectivity index (χ2v) is 8.77. The molecule has 2 nitrogen and oxygen atoms in total. The summed E-state index contributed by atoms with van der Waals surface area (Å²) in [6.07, 6.45) is 9.06. The fraction of sp³-hybridized carbons (Fsp3) is 0.269. The van der Waals surface area contributed by atoms with Crippen LogP contribution in [0.5, 0.6) is 0 Å². The molecule has 0 N–H and O–H groups in total. The summed E-state index contributed by atoms with van der Waals surface area (Å²) in [6.45, 7) is 4.84. The molecule has 0 saturated heterocycles. The van der Waals surface area contributed by atoms with Gasteiger partial charge in [0.25, 0.3) is 0 Å². The van der Waals surface area contributed by atoms with Crippen molar-refractivity contribution < 1.29 is 0 Å². The Kier molecular flexibility index (Phi) is 3.21. The van der Waals surface area contributed by atoms with Crippen LogP contribution in [0.2, 0.25) is 0 Å². The lowest BCUT2D eigenvalue weighted by Crippen LogP contribution is -2.18. The number of benzene rings is 2. The van der Waals surface area contributed by atoms with Crippen LogP contribution in [0, 0.1) is 0 Å². The molecular formula is C26H24N2. The molecule has 0 amide bonds. The van der Waals surface area contributed by atoms with Gasteiger partial charge in [-0.2, -0.15) is 0 Å². The molecule has 0 saturated carbocycles. The SMILES string of the molecule is CC1(C)C2=C(CCCC2)c2cc3c4cnccc4n(-c4ccccc4)c3cc21. The van der Waals surface area contributed by atoms with E-state index in [2.05, 4.69) is 71.9 Å². The van der Waals surface area contributed by atoms with E-state index in [0.29, 0.717) is 0 Å². The molecule has 0 bridgehead atoms. The van der Waals surface area contributed by atoms with E-state index in [0.717, 1.165) is 0 Å². The Labute approximate surface area is 165 Å². The van der Waals surface area contributed by atoms with E-state index in [9.17, 15) is 0 Å². The van der Waals surface area contributed by atoms with Crippen molar-refractivity contribution in [3.05, 3.63) is 77.6 Å². The van der Waals surface area contributed by atoms with Crippen LogP contribution in [0.1, 0.15) is 50.7 Å². The van der Waals surface area contributed by atoms with Gasteiger partial charge in [-0.25, -0.2) is 0 Å². The van der Waals surface area contributed by atoms with Crippen LogP contribution >= 0.6 is 0 Å². The first-order valence-corrected chi connectivity index (χ1v) is 10.4. The van der Waals surface area contributed by atoms with Crippen molar-refractivity contribution >= 4 is 27.4 Å². The van der Waals surface area contributed by atoms with Gasteiger partial charge in [0.15, 0.2) is 0 Å². The number of allylic oxidation sites excluding steroid dienone is 2. The number of fused-ring (bicyclic) bond motifs is 5. The number of para-hydroxylation sites is 1. The number of hydrogen-bond donors (Lipinski definition) is 0. The Morgan fingerprint density at radius 3 is 2.57 bits per heavy atom. The number of rotatable bonds is 1. The van der Waals surface area contributed by atoms with E-state index >= 15 is 0 Å². The molecule has 2 aliphatic carbocycles. The lowest BCUT2D eigenvalue weighted by Gasteiger charge is -2.27. The Bertz CT molecular complexity index is 1270. The smallest absolute Gasteiger partial charge is 0.0571 e. The molecule has 2 heteroatoms. The summed E-state index contributed by atoms with van der Waals surface area (Å²) in [5.41, 5.74) is 10.2. The quantitative estimate of drug-likeness (QED) is 0.363. The first-order valence-electron chi connectivity index (χ1n) is 10.4. The van der Waals surface area contributed by atoms with E-state index < -0.39 is 0 Å². The summed E-state index contributed by atoms with van der Waals surface area (Å²) in [5, 5.41) is 2.56. The van der Waals surface area contributed by atoms with E-state index in [1.54, 1.807) is 11.1 Å². The van der Waals surface area contributed by atoms with Crippen LogP contribution in [0.15, 0.2) is 66.5 Å². The summed E-state index contributed by atoms with van der Waals surface area (Å²) < 4.78 is 2.40. The number of nitrogens with zero attached hydrogens (tertiary/aromatic N) is 2. The van der Waals surface area contributed by atoms with Gasteiger partial charge < -0.3 is 4.57 Å². The predicted molar refractivity (Wildman–Crippen MR) is 117 cm³/mol. The minimum atomic E-state index is 0.134. The van der Waals surface area contributed by atoms with E-state index in [4.69, 9.17) is 0 Å². The van der Waals surface area contributed by atoms with Gasteiger partial charge in [0.1, 0.15) is 0 Å². The highest BCUT2D eigenvalue weighted by molar-refractivity contribution is 6.10. The fourth-order valence-corrected chi connectivity index (χ4v) is 5.59. The van der Waals surface area contributed by atoms with Gasteiger partial charge in [-0.3, -0.25) is 4.98 Å². The molecule has 2 aromatic heterocycles. The Balaban J connectivity index is 1.74. The molecule has 2 aromatic carbocycles. The molecule has 2 aliphatic rings. The Hall–Kier alpha value is -2.87. The fourth-order valence-electron chi connectivity index (χ4n) is 5.59. The first kappa shape index (κ1) is 16.1. The maximum absolute atomic E-state index is 4.45. The molecule has 0 atom stereocenters. The molecule has 28 heavy (non-hydrogen) atoms. The topological polar surface area (TPSA) is 17.8 Å². The third kappa shape index (κ3) is 2.01. The number of pyridine rings is 1. The summed E-state index contributed by atoms with van der Waals surface area (Å²) in [4.78, 5) is 4.45. The molecule has 0 unspecified atom stereocenters. The summed E-state index contributed by atoms with van der Waals surface area (Å²) in [6, 6.07) is 17.8. The lowest BCUT2D eigenvalue weighted by molar-refractivity contribution is 0.574. The van der Waals surface area contributed by atoms with Crippen molar-refractivity contribution in [3.8, 4) is 5.69 Å². The van der Waals surface area contributed by atoms with Gasteiger partial charge >= 0.3 is 0 Å². The molecule has 4 aromatic rings. The lowest BCUT2D eigenvalue weighted by atomic mass is 9.77. The zero-order chi connectivity index (χ0) is 18.9. The highest BCUT2D eigenvalue weighted by Gasteiger charge is 2.39. The molecule has 0 aliphatic heterocycles. The summed E-state index contributed by atoms with van der Waals surface area (Å²) in [5.74, 6) is 0. The van der Waals surface area contributed by atoms with Gasteiger partial charge in [-0.1, -0.05) is 37.6 Å². The van der Waals surface area contributed by atoms with Crippen LogP contribution in [0.3, 0.4) is 0 Å². The molecule has 6 rings (SSSR count). The molecule has 138 valence electrons. The van der Waals surface area contributed by atoms with E-state index in [1.807, 2.05) is 12.4 Å². The van der Waals surface area contributed by atoms with Crippen LogP contribution in [0.4, 0.5) is 0 Å². The average molecular weight is 364 g/mol. The molecule has 0 radical (unpaired) electrons. The highest BCUT2D eigenvalue weighted by Crippen LogP contribution is 2.53. The second-order valence-electron chi connectivity index (χ2n) is 8.77. The Morgan fingerprint density at radius 2 is 1.71 bits per heavy atom. The van der Waals surface area contributed by atoms with Gasteiger partial charge in [0.2, 0.25) is 0 Å². The van der Waals surface area contributed by atoms with Crippen molar-refractivity contribution in [1.82, 2.24) is 9.55 Å². The van der Waals surface area contributed by atoms with Crippen molar-refractivity contribution in [2.75, 3.05) is 0 Å². The third-order valence-electron chi connectivity index (χ3n) is 6.94. The minimum Gasteiger partial charge on any atom is -0.309 e. The molecule has 0 spiro atoms. The zero-order valence-corrected chi connectivity index (χ0v) is 16.5. The van der Waals surface area contributed by atoms with Crippen LogP contribution in [-0.4, -0.2) is 9.55 Å². The predicted octanol–water partition coefficient (Wildman–Crippen LogP) is 6.80. The van der Waals surface area contributed by atoms with Crippen molar-refractivity contribution in [2.45, 2.75) is 44.9 Å². The first-order chi connectivity index (χ1) is 13.7.